The molecule has 27 heavy (non-hydrogen) atoms. The summed E-state index contributed by atoms with van der Waals surface area (Å²) in [6.07, 6.45) is 6.18. The number of rotatable bonds is 4. The minimum Gasteiger partial charge on any atom is -0.390 e. The summed E-state index contributed by atoms with van der Waals surface area (Å²) >= 11 is 0. The molecule has 3 nitrogen and oxygen atoms in total. The first-order valence-corrected chi connectivity index (χ1v) is 10.00. The first kappa shape index (κ1) is 18.4. The molecule has 0 saturated carbocycles. The normalized spacial score (nSPS) is 24.7. The molecule has 3 heteroatoms. The van der Waals surface area contributed by atoms with Crippen LogP contribution in [0.5, 0.6) is 0 Å². The van der Waals surface area contributed by atoms with Crippen molar-refractivity contribution in [2.24, 2.45) is 0 Å². The number of benzene rings is 2. The fraction of sp³-hybridized carbons (Fsp3) is 0.417. The first-order chi connectivity index (χ1) is 13.1. The molecule has 2 aromatic carbocycles. The average Bonchev–Trinajstić information content (AvgIpc) is 2.93. The number of hydrogen-bond acceptors (Lipinski definition) is 3. The van der Waals surface area contributed by atoms with Crippen LogP contribution in [-0.4, -0.2) is 54.7 Å². The lowest BCUT2D eigenvalue weighted by Gasteiger charge is -2.43. The molecule has 2 atom stereocenters. The third kappa shape index (κ3) is 3.36. The third-order valence-electron chi connectivity index (χ3n) is 6.46. The zero-order valence-electron chi connectivity index (χ0n) is 16.4. The second kappa shape index (κ2) is 7.59. The van der Waals surface area contributed by atoms with E-state index in [4.69, 9.17) is 0 Å². The van der Waals surface area contributed by atoms with Crippen LogP contribution in [0.25, 0.3) is 6.08 Å². The second-order valence-electron chi connectivity index (χ2n) is 8.21. The van der Waals surface area contributed by atoms with Gasteiger partial charge in [-0.05, 0) is 56.7 Å². The van der Waals surface area contributed by atoms with Gasteiger partial charge >= 0.3 is 0 Å². The van der Waals surface area contributed by atoms with Crippen molar-refractivity contribution >= 4 is 6.08 Å². The molecule has 0 amide bonds. The van der Waals surface area contributed by atoms with Gasteiger partial charge in [0.05, 0.1) is 12.1 Å². The maximum Gasteiger partial charge on any atom is 0.0834 e. The molecule has 4 rings (SSSR count). The van der Waals surface area contributed by atoms with Crippen LogP contribution in [0.3, 0.4) is 0 Å². The molecular formula is C24H30N2O. The lowest BCUT2D eigenvalue weighted by Crippen LogP contribution is -2.49. The van der Waals surface area contributed by atoms with E-state index in [1.54, 1.807) is 0 Å². The highest BCUT2D eigenvalue weighted by Gasteiger charge is 2.52. The average molecular weight is 363 g/mol. The van der Waals surface area contributed by atoms with Gasteiger partial charge in [0.15, 0.2) is 0 Å². The Labute approximate surface area is 162 Å². The molecule has 1 saturated heterocycles. The highest BCUT2D eigenvalue weighted by atomic mass is 16.3. The summed E-state index contributed by atoms with van der Waals surface area (Å²) in [5.41, 5.74) is 3.84. The number of likely N-dealkylation sites (tertiary alicyclic amines) is 1. The SMILES string of the molecule is CN(C)[C@@H]1c2ccccc2C2(CCN(CC=Cc3ccccc3)CC2)[C@H]1O. The largest absolute Gasteiger partial charge is 0.390 e. The standard InChI is InChI=1S/C24H30N2O/c1-25(2)22-20-12-6-7-13-21(20)24(23(22)27)14-17-26(18-15-24)16-8-11-19-9-4-3-5-10-19/h3-13,22-23,27H,14-18H2,1-2H3/t22-,23+/m1/s1. The van der Waals surface area contributed by atoms with Gasteiger partial charge in [0.25, 0.3) is 0 Å². The lowest BCUT2D eigenvalue weighted by atomic mass is 9.72. The van der Waals surface area contributed by atoms with Crippen LogP contribution in [0.2, 0.25) is 0 Å². The number of likely N-dealkylation sites (N-methyl/N-ethyl adjacent to an activating group) is 1. The fourth-order valence-corrected chi connectivity index (χ4v) is 5.00. The van der Waals surface area contributed by atoms with Gasteiger partial charge < -0.3 is 10.0 Å². The summed E-state index contributed by atoms with van der Waals surface area (Å²) in [5.74, 6) is 0. The van der Waals surface area contributed by atoms with Gasteiger partial charge in [0.2, 0.25) is 0 Å². The Bertz CT molecular complexity index is 791. The lowest BCUT2D eigenvalue weighted by molar-refractivity contribution is -0.00119. The van der Waals surface area contributed by atoms with Crippen molar-refractivity contribution in [3.63, 3.8) is 0 Å². The zero-order chi connectivity index (χ0) is 18.9. The summed E-state index contributed by atoms with van der Waals surface area (Å²) in [4.78, 5) is 4.68. The summed E-state index contributed by atoms with van der Waals surface area (Å²) in [7, 11) is 4.15. The van der Waals surface area contributed by atoms with E-state index in [1.165, 1.54) is 16.7 Å². The molecule has 0 aromatic heterocycles. The van der Waals surface area contributed by atoms with Crippen molar-refractivity contribution in [3.8, 4) is 0 Å². The minimum absolute atomic E-state index is 0.0921. The monoisotopic (exact) mass is 362 g/mol. The van der Waals surface area contributed by atoms with Crippen molar-refractivity contribution < 1.29 is 5.11 Å². The summed E-state index contributed by atoms with van der Waals surface area (Å²) in [5, 5.41) is 11.3. The van der Waals surface area contributed by atoms with Gasteiger partial charge in [0, 0.05) is 12.0 Å². The van der Waals surface area contributed by atoms with E-state index >= 15 is 0 Å². The molecule has 1 aliphatic heterocycles. The third-order valence-corrected chi connectivity index (χ3v) is 6.46. The number of hydrogen-bond donors (Lipinski definition) is 1. The molecular weight excluding hydrogens is 332 g/mol. The van der Waals surface area contributed by atoms with Crippen molar-refractivity contribution in [1.82, 2.24) is 9.80 Å². The van der Waals surface area contributed by atoms with Crippen LogP contribution in [0.1, 0.15) is 35.6 Å². The predicted octanol–water partition coefficient (Wildman–Crippen LogP) is 3.71. The fourth-order valence-electron chi connectivity index (χ4n) is 5.00. The number of fused-ring (bicyclic) bond motifs is 2. The predicted molar refractivity (Wildman–Crippen MR) is 112 cm³/mol. The molecule has 1 spiro atoms. The molecule has 2 aliphatic rings. The van der Waals surface area contributed by atoms with Crippen LogP contribution in [-0.2, 0) is 5.41 Å². The molecule has 0 bridgehead atoms. The highest BCUT2D eigenvalue weighted by molar-refractivity contribution is 5.49. The Kier molecular flexibility index (Phi) is 5.18. The van der Waals surface area contributed by atoms with Gasteiger partial charge in [-0.3, -0.25) is 4.90 Å². The van der Waals surface area contributed by atoms with E-state index in [9.17, 15) is 5.11 Å². The Morgan fingerprint density at radius 2 is 1.70 bits per heavy atom. The molecule has 2 aromatic rings. The molecule has 1 N–H and O–H groups in total. The van der Waals surface area contributed by atoms with Crippen molar-refractivity contribution in [1.29, 1.82) is 0 Å². The van der Waals surface area contributed by atoms with Gasteiger partial charge in [-0.25, -0.2) is 0 Å². The summed E-state index contributed by atoms with van der Waals surface area (Å²) < 4.78 is 0. The molecule has 1 aliphatic carbocycles. The van der Waals surface area contributed by atoms with Crippen molar-refractivity contribution in [2.45, 2.75) is 30.4 Å². The van der Waals surface area contributed by atoms with E-state index in [1.807, 2.05) is 6.07 Å². The van der Waals surface area contributed by atoms with Crippen molar-refractivity contribution in [2.75, 3.05) is 33.7 Å². The van der Waals surface area contributed by atoms with Crippen molar-refractivity contribution in [3.05, 3.63) is 77.4 Å². The Morgan fingerprint density at radius 3 is 2.41 bits per heavy atom. The zero-order valence-corrected chi connectivity index (χ0v) is 16.4. The quantitative estimate of drug-likeness (QED) is 0.898. The summed E-state index contributed by atoms with van der Waals surface area (Å²) in [6, 6.07) is 19.2. The van der Waals surface area contributed by atoms with Gasteiger partial charge in [-0.1, -0.05) is 66.7 Å². The van der Waals surface area contributed by atoms with Gasteiger partial charge in [-0.2, -0.15) is 0 Å². The maximum absolute atomic E-state index is 11.3. The summed E-state index contributed by atoms with van der Waals surface area (Å²) in [6.45, 7) is 3.04. The maximum atomic E-state index is 11.3. The van der Waals surface area contributed by atoms with Crippen LogP contribution >= 0.6 is 0 Å². The number of piperidine rings is 1. The van der Waals surface area contributed by atoms with Gasteiger partial charge in [0.1, 0.15) is 0 Å². The topological polar surface area (TPSA) is 26.7 Å². The van der Waals surface area contributed by atoms with E-state index in [0.717, 1.165) is 32.5 Å². The molecule has 0 unspecified atom stereocenters. The van der Waals surface area contributed by atoms with Crippen LogP contribution in [0, 0.1) is 0 Å². The van der Waals surface area contributed by atoms with Crippen LogP contribution in [0.4, 0.5) is 0 Å². The van der Waals surface area contributed by atoms with E-state index in [2.05, 4.69) is 84.6 Å². The van der Waals surface area contributed by atoms with E-state index in [-0.39, 0.29) is 17.6 Å². The minimum atomic E-state index is -0.327. The molecule has 142 valence electrons. The molecule has 1 heterocycles. The highest BCUT2D eigenvalue weighted by Crippen LogP contribution is 2.52. The second-order valence-corrected chi connectivity index (χ2v) is 8.21. The molecule has 1 fully saturated rings. The van der Waals surface area contributed by atoms with Crippen LogP contribution < -0.4 is 0 Å². The number of aliphatic hydroxyl groups excluding tert-OH is 1. The van der Waals surface area contributed by atoms with E-state index in [0.29, 0.717) is 0 Å². The Balaban J connectivity index is 1.46. The number of nitrogens with zero attached hydrogens (tertiary/aromatic N) is 2. The Morgan fingerprint density at radius 1 is 1.04 bits per heavy atom. The molecule has 0 radical (unpaired) electrons. The smallest absolute Gasteiger partial charge is 0.0834 e. The number of aliphatic hydroxyl groups is 1. The first-order valence-electron chi connectivity index (χ1n) is 10.00. The Hall–Kier alpha value is -1.94. The van der Waals surface area contributed by atoms with Crippen LogP contribution in [0.15, 0.2) is 60.7 Å². The van der Waals surface area contributed by atoms with E-state index < -0.39 is 0 Å². The van der Waals surface area contributed by atoms with Gasteiger partial charge in [-0.15, -0.1) is 0 Å².